The van der Waals surface area contributed by atoms with Crippen molar-refractivity contribution in [1.82, 2.24) is 15.5 Å². The van der Waals surface area contributed by atoms with Gasteiger partial charge in [0.05, 0.1) is 6.85 Å². The minimum absolute atomic E-state index is 0.245. The Labute approximate surface area is 167 Å². The second kappa shape index (κ2) is 8.31. The van der Waals surface area contributed by atoms with Gasteiger partial charge in [-0.15, -0.1) is 0 Å². The van der Waals surface area contributed by atoms with Crippen LogP contribution in [0.25, 0.3) is 0 Å². The number of carbonyl (C=O) groups is 3. The number of hydrogen-bond donors (Lipinski definition) is 3. The van der Waals surface area contributed by atoms with Crippen LogP contribution in [0.4, 0.5) is 0 Å². The van der Waals surface area contributed by atoms with Crippen LogP contribution >= 0.6 is 0 Å². The topological polar surface area (TPSA) is 98.7 Å². The summed E-state index contributed by atoms with van der Waals surface area (Å²) >= 11 is 0. The van der Waals surface area contributed by atoms with E-state index in [0.29, 0.717) is 0 Å². The van der Waals surface area contributed by atoms with E-state index < -0.39 is 97.0 Å². The number of benzene rings is 1. The van der Waals surface area contributed by atoms with Crippen molar-refractivity contribution in [3.63, 3.8) is 0 Å². The van der Waals surface area contributed by atoms with Gasteiger partial charge in [0.2, 0.25) is 17.7 Å². The molecule has 142 valence electrons. The van der Waals surface area contributed by atoms with Crippen LogP contribution in [0.15, 0.2) is 24.2 Å². The summed E-state index contributed by atoms with van der Waals surface area (Å²) in [5.74, 6) is -4.48. The highest BCUT2D eigenvalue weighted by molar-refractivity contribution is 5.93. The first-order valence-electron chi connectivity index (χ1n) is 12.9. The molecule has 0 saturated heterocycles. The second-order valence-electron chi connectivity index (χ2n) is 6.11. The Hall–Kier alpha value is -2.41. The number of nitrogens with one attached hydrogen (secondary N) is 2. The van der Waals surface area contributed by atoms with Crippen LogP contribution < -0.4 is 10.6 Å². The standard InChI is InChI=1S/C19H27N3O4/c1-11(2)16(23)18(25)20-12(3)17(24)21-15-14-8-6-5-7-13(14)9-10-22(4)19(15)26/h5-8,11-12,15-16,23H,9-10H2,1-4H3,(H,20,25)(H,21,24)/t12-,15-,16-/m0/s1/i4D3,5D,6D,7D,8D,10D2,15D. The summed E-state index contributed by atoms with van der Waals surface area (Å²) in [4.78, 5) is 38.3. The maximum atomic E-state index is 13.5. The van der Waals surface area contributed by atoms with Crippen molar-refractivity contribution in [1.29, 1.82) is 0 Å². The summed E-state index contributed by atoms with van der Waals surface area (Å²) in [5.41, 5.74) is -1.38. The van der Waals surface area contributed by atoms with Gasteiger partial charge in [-0.2, -0.15) is 0 Å². The van der Waals surface area contributed by atoms with Crippen molar-refractivity contribution in [2.45, 2.75) is 45.4 Å². The Bertz CT molecular complexity index is 1090. The first kappa shape index (κ1) is 10.1. The van der Waals surface area contributed by atoms with Gasteiger partial charge in [-0.05, 0) is 30.4 Å². The van der Waals surface area contributed by atoms with Crippen molar-refractivity contribution in [3.8, 4) is 0 Å². The van der Waals surface area contributed by atoms with E-state index in [2.05, 4.69) is 5.32 Å². The lowest BCUT2D eigenvalue weighted by atomic mass is 9.99. The molecule has 1 aromatic carbocycles. The molecule has 3 N–H and O–H groups in total. The number of rotatable bonds is 5. The molecular formula is C19H27N3O4. The van der Waals surface area contributed by atoms with E-state index in [1.807, 2.05) is 5.32 Å². The van der Waals surface area contributed by atoms with E-state index in [0.717, 1.165) is 6.92 Å². The third-order valence-corrected chi connectivity index (χ3v) is 3.75. The molecule has 1 aliphatic rings. The van der Waals surface area contributed by atoms with Gasteiger partial charge in [-0.25, -0.2) is 0 Å². The van der Waals surface area contributed by atoms with Gasteiger partial charge in [-0.3, -0.25) is 14.4 Å². The highest BCUT2D eigenvalue weighted by atomic mass is 16.3. The number of likely N-dealkylation sites (N-methyl/N-ethyl adjacent to an activating group) is 1. The first-order chi connectivity index (χ1) is 16.2. The zero-order valence-corrected chi connectivity index (χ0v) is 14.6. The fraction of sp³-hybridized carbons (Fsp3) is 0.526. The molecule has 0 radical (unpaired) electrons. The normalized spacial score (nSPS) is 30.2. The molecule has 1 heterocycles. The predicted octanol–water partition coefficient (Wildman–Crippen LogP) is 0.380. The fourth-order valence-corrected chi connectivity index (χ4v) is 2.15. The molecule has 0 bridgehead atoms. The molecular weight excluding hydrogens is 334 g/mol. The summed E-state index contributed by atoms with van der Waals surface area (Å²) in [6.07, 6.45) is -2.50. The number of amides is 3. The largest absolute Gasteiger partial charge is 0.383 e. The van der Waals surface area contributed by atoms with E-state index >= 15 is 0 Å². The minimum Gasteiger partial charge on any atom is -0.383 e. The first-order valence-corrected chi connectivity index (χ1v) is 7.93. The summed E-state index contributed by atoms with van der Waals surface area (Å²) in [6, 6.07) is -8.13. The van der Waals surface area contributed by atoms with E-state index in [-0.39, 0.29) is 4.90 Å². The SMILES string of the molecule is [2H]c1c([2H])c([2H])c2c(c1[2H])CC([2H])([2H])N(C([2H])([2H])[2H])C(=O)[C@@]2([2H])NC(=O)[C@H](C)NC(=O)[C@@H](O)C(C)C. The molecule has 7 nitrogen and oxygen atoms in total. The van der Waals surface area contributed by atoms with E-state index in [4.69, 9.17) is 13.7 Å². The van der Waals surface area contributed by atoms with Crippen LogP contribution in [0, 0.1) is 5.92 Å². The summed E-state index contributed by atoms with van der Waals surface area (Å²) in [6.45, 7) is -2.27. The van der Waals surface area contributed by atoms with Gasteiger partial charge < -0.3 is 20.6 Å². The summed E-state index contributed by atoms with van der Waals surface area (Å²) < 4.78 is 80.7. The molecule has 0 spiro atoms. The molecule has 26 heavy (non-hydrogen) atoms. The molecule has 1 aromatic rings. The zero-order valence-electron chi connectivity index (χ0n) is 24.6. The number of carbonyl (C=O) groups excluding carboxylic acids is 3. The highest BCUT2D eigenvalue weighted by Crippen LogP contribution is 2.24. The Morgan fingerprint density at radius 2 is 2.08 bits per heavy atom. The molecule has 0 aliphatic carbocycles. The number of nitrogens with zero attached hydrogens (tertiary/aromatic N) is 1. The third kappa shape index (κ3) is 4.40. The lowest BCUT2D eigenvalue weighted by molar-refractivity contribution is -0.137. The van der Waals surface area contributed by atoms with Crippen molar-refractivity contribution in [2.24, 2.45) is 5.92 Å². The van der Waals surface area contributed by atoms with Crippen LogP contribution in [-0.2, 0) is 20.8 Å². The smallest absolute Gasteiger partial charge is 0.249 e. The number of aliphatic hydroxyl groups excluding tert-OH is 1. The van der Waals surface area contributed by atoms with Gasteiger partial charge in [0.15, 0.2) is 0 Å². The third-order valence-electron chi connectivity index (χ3n) is 3.75. The Balaban J connectivity index is 2.72. The van der Waals surface area contributed by atoms with Crippen LogP contribution in [0.2, 0.25) is 0 Å². The molecule has 7 heteroatoms. The Morgan fingerprint density at radius 3 is 2.73 bits per heavy atom. The average molecular weight is 372 g/mol. The molecule has 0 saturated carbocycles. The van der Waals surface area contributed by atoms with Gasteiger partial charge in [0, 0.05) is 20.3 Å². The van der Waals surface area contributed by atoms with Crippen LogP contribution in [0.1, 0.15) is 51.6 Å². The molecule has 2 rings (SSSR count). The van der Waals surface area contributed by atoms with E-state index in [1.54, 1.807) is 13.8 Å². The molecule has 1 aliphatic heterocycles. The van der Waals surface area contributed by atoms with Crippen molar-refractivity contribution < 1.29 is 33.2 Å². The van der Waals surface area contributed by atoms with E-state index in [1.165, 1.54) is 0 Å². The molecule has 0 fully saturated rings. The lowest BCUT2D eigenvalue weighted by Crippen LogP contribution is -2.51. The van der Waals surface area contributed by atoms with E-state index in [9.17, 15) is 19.5 Å². The Morgan fingerprint density at radius 1 is 1.38 bits per heavy atom. The van der Waals surface area contributed by atoms with Crippen LogP contribution in [0.5, 0.6) is 0 Å². The number of aliphatic hydroxyl groups is 1. The van der Waals surface area contributed by atoms with Crippen LogP contribution in [-0.4, -0.2) is 53.3 Å². The zero-order chi connectivity index (χ0) is 28.1. The maximum Gasteiger partial charge on any atom is 0.249 e. The number of fused-ring (bicyclic) bond motifs is 1. The molecule has 3 atom stereocenters. The van der Waals surface area contributed by atoms with Gasteiger partial charge in [0.25, 0.3) is 0 Å². The predicted molar refractivity (Wildman–Crippen MR) is 97.1 cm³/mol. The lowest BCUT2D eigenvalue weighted by Gasteiger charge is -2.24. The summed E-state index contributed by atoms with van der Waals surface area (Å²) in [7, 11) is 0. The monoisotopic (exact) mass is 371 g/mol. The van der Waals surface area contributed by atoms with Crippen LogP contribution in [0.3, 0.4) is 0 Å². The second-order valence-corrected chi connectivity index (χ2v) is 6.11. The Kier molecular flexibility index (Phi) is 3.22. The number of hydrogen-bond acceptors (Lipinski definition) is 4. The molecule has 0 unspecified atom stereocenters. The van der Waals surface area contributed by atoms with Gasteiger partial charge in [0.1, 0.15) is 18.2 Å². The van der Waals surface area contributed by atoms with Crippen molar-refractivity contribution in [3.05, 3.63) is 35.3 Å². The average Bonchev–Trinajstić information content (AvgIpc) is 2.79. The van der Waals surface area contributed by atoms with Gasteiger partial charge in [-0.1, -0.05) is 38.0 Å². The molecule has 0 aromatic heterocycles. The quantitative estimate of drug-likeness (QED) is 0.697. The van der Waals surface area contributed by atoms with Gasteiger partial charge >= 0.3 is 0 Å². The fourth-order valence-electron chi connectivity index (χ4n) is 2.15. The van der Waals surface area contributed by atoms with Crippen molar-refractivity contribution in [2.75, 3.05) is 13.5 Å². The van der Waals surface area contributed by atoms with Crippen molar-refractivity contribution >= 4 is 17.7 Å². The molecule has 3 amide bonds. The minimum atomic E-state index is -3.46. The summed E-state index contributed by atoms with van der Waals surface area (Å²) in [5, 5.41) is 14.0. The highest BCUT2D eigenvalue weighted by Gasteiger charge is 2.32. The maximum absolute atomic E-state index is 13.5.